The first kappa shape index (κ1) is 16.1. The van der Waals surface area contributed by atoms with E-state index in [1.54, 1.807) is 7.11 Å². The van der Waals surface area contributed by atoms with Gasteiger partial charge in [0, 0.05) is 11.8 Å². The first-order chi connectivity index (χ1) is 10.6. The highest BCUT2D eigenvalue weighted by Gasteiger charge is 2.23. The van der Waals surface area contributed by atoms with Crippen molar-refractivity contribution in [3.8, 4) is 5.75 Å². The number of benzene rings is 1. The Kier molecular flexibility index (Phi) is 5.60. The molecule has 22 heavy (non-hydrogen) atoms. The summed E-state index contributed by atoms with van der Waals surface area (Å²) in [7, 11) is 2.89. The lowest BCUT2D eigenvalue weighted by atomic mass is 10.2. The Labute approximate surface area is 129 Å². The van der Waals surface area contributed by atoms with Crippen molar-refractivity contribution in [2.75, 3.05) is 51.8 Å². The minimum atomic E-state index is -0.709. The van der Waals surface area contributed by atoms with Crippen molar-refractivity contribution in [2.24, 2.45) is 0 Å². The molecule has 0 aliphatic carbocycles. The van der Waals surface area contributed by atoms with Gasteiger partial charge in [0.2, 0.25) is 0 Å². The molecular formula is C15H22N3O4+. The molecule has 0 radical (unpaired) electrons. The quantitative estimate of drug-likeness (QED) is 0.768. The summed E-state index contributed by atoms with van der Waals surface area (Å²) in [4.78, 5) is 26.1. The summed E-state index contributed by atoms with van der Waals surface area (Å²) in [5.74, 6) is 0.529. The molecule has 1 aliphatic heterocycles. The highest BCUT2D eigenvalue weighted by Crippen LogP contribution is 2.20. The molecule has 1 aliphatic rings. The summed E-state index contributed by atoms with van der Waals surface area (Å²) in [6.45, 7) is 3.67. The Bertz CT molecular complexity index is 527. The van der Waals surface area contributed by atoms with E-state index in [0.717, 1.165) is 42.5 Å². The maximum absolute atomic E-state index is 11.7. The van der Waals surface area contributed by atoms with Gasteiger partial charge in [-0.15, -0.1) is 0 Å². The highest BCUT2D eigenvalue weighted by atomic mass is 16.5. The summed E-state index contributed by atoms with van der Waals surface area (Å²) in [6.07, 6.45) is -0.709. The third-order valence-electron chi connectivity index (χ3n) is 3.73. The smallest absolute Gasteiger partial charge is 0.413 e. The Morgan fingerprint density at radius 2 is 2.00 bits per heavy atom. The van der Waals surface area contributed by atoms with Crippen LogP contribution in [0, 0.1) is 0 Å². The van der Waals surface area contributed by atoms with Crippen molar-refractivity contribution in [1.82, 2.24) is 5.32 Å². The third-order valence-corrected chi connectivity index (χ3v) is 3.73. The lowest BCUT2D eigenvalue weighted by molar-refractivity contribution is -0.892. The summed E-state index contributed by atoms with van der Waals surface area (Å²) >= 11 is 0. The first-order valence-corrected chi connectivity index (χ1v) is 7.22. The van der Waals surface area contributed by atoms with Gasteiger partial charge in [-0.05, 0) is 12.1 Å². The maximum atomic E-state index is 11.7. The van der Waals surface area contributed by atoms with Crippen molar-refractivity contribution >= 4 is 17.7 Å². The molecule has 2 rings (SSSR count). The van der Waals surface area contributed by atoms with Gasteiger partial charge in [-0.2, -0.15) is 0 Å². The number of methoxy groups -OCH3 is 2. The van der Waals surface area contributed by atoms with Gasteiger partial charge in [0.1, 0.15) is 5.75 Å². The van der Waals surface area contributed by atoms with Crippen LogP contribution in [0.15, 0.2) is 24.3 Å². The monoisotopic (exact) mass is 308 g/mol. The molecule has 120 valence electrons. The van der Waals surface area contributed by atoms with E-state index in [1.807, 2.05) is 18.2 Å². The molecule has 1 aromatic carbocycles. The van der Waals surface area contributed by atoms with Crippen LogP contribution in [0.4, 0.5) is 10.5 Å². The number of carbonyl (C=O) groups is 2. The van der Waals surface area contributed by atoms with Crippen LogP contribution in [0.3, 0.4) is 0 Å². The SMILES string of the molecule is COC(=O)NC(=O)C[NH+]1CCN(c2cccc(OC)c2)CC1. The van der Waals surface area contributed by atoms with Gasteiger partial charge in [-0.1, -0.05) is 6.07 Å². The summed E-state index contributed by atoms with van der Waals surface area (Å²) in [5.41, 5.74) is 1.12. The standard InChI is InChI=1S/C15H21N3O4/c1-21-13-5-3-4-12(10-13)18-8-6-17(7-9-18)11-14(19)16-15(20)22-2/h3-5,10H,6-9,11H2,1-2H3,(H,16,19,20)/p+1. The molecule has 2 N–H and O–H groups in total. The molecule has 1 aromatic rings. The van der Waals surface area contributed by atoms with Gasteiger partial charge in [0.05, 0.1) is 40.4 Å². The number of carbonyl (C=O) groups excluding carboxylic acids is 2. The number of quaternary nitrogens is 1. The highest BCUT2D eigenvalue weighted by molar-refractivity contribution is 5.92. The van der Waals surface area contributed by atoms with Crippen LogP contribution < -0.4 is 19.9 Å². The largest absolute Gasteiger partial charge is 0.497 e. The van der Waals surface area contributed by atoms with E-state index in [0.29, 0.717) is 0 Å². The lowest BCUT2D eigenvalue weighted by Gasteiger charge is -2.33. The number of nitrogens with one attached hydrogen (secondary N) is 2. The molecule has 1 heterocycles. The fourth-order valence-electron chi connectivity index (χ4n) is 2.50. The van der Waals surface area contributed by atoms with Gasteiger partial charge < -0.3 is 19.3 Å². The van der Waals surface area contributed by atoms with Crippen LogP contribution in [-0.2, 0) is 9.53 Å². The predicted molar refractivity (Wildman–Crippen MR) is 81.3 cm³/mol. The van der Waals surface area contributed by atoms with E-state index in [9.17, 15) is 9.59 Å². The number of ether oxygens (including phenoxy) is 2. The van der Waals surface area contributed by atoms with E-state index in [-0.39, 0.29) is 12.5 Å². The van der Waals surface area contributed by atoms with Crippen molar-refractivity contribution in [1.29, 1.82) is 0 Å². The summed E-state index contributed by atoms with van der Waals surface area (Å²) in [6, 6.07) is 7.95. The Hall–Kier alpha value is -2.28. The van der Waals surface area contributed by atoms with Crippen molar-refractivity contribution in [3.63, 3.8) is 0 Å². The number of rotatable bonds is 4. The van der Waals surface area contributed by atoms with Gasteiger partial charge >= 0.3 is 6.09 Å². The van der Waals surface area contributed by atoms with Crippen LogP contribution in [-0.4, -0.2) is 58.9 Å². The Balaban J connectivity index is 1.82. The number of hydrogen-bond donors (Lipinski definition) is 2. The van der Waals surface area contributed by atoms with Gasteiger partial charge in [-0.25, -0.2) is 4.79 Å². The number of hydrogen-bond acceptors (Lipinski definition) is 5. The van der Waals surface area contributed by atoms with E-state index < -0.39 is 6.09 Å². The maximum Gasteiger partial charge on any atom is 0.413 e. The number of nitrogens with zero attached hydrogens (tertiary/aromatic N) is 1. The van der Waals surface area contributed by atoms with E-state index in [2.05, 4.69) is 21.0 Å². The number of piperazine rings is 1. The summed E-state index contributed by atoms with van der Waals surface area (Å²) in [5, 5.41) is 2.18. The molecule has 0 spiro atoms. The fraction of sp³-hybridized carbons (Fsp3) is 0.467. The molecule has 2 amide bonds. The van der Waals surface area contributed by atoms with Crippen LogP contribution in [0.1, 0.15) is 0 Å². The van der Waals surface area contributed by atoms with Crippen LogP contribution in [0.5, 0.6) is 5.75 Å². The first-order valence-electron chi connectivity index (χ1n) is 7.22. The minimum absolute atomic E-state index is 0.279. The van der Waals surface area contributed by atoms with Gasteiger partial charge in [0.15, 0.2) is 6.54 Å². The third kappa shape index (κ3) is 4.36. The second kappa shape index (κ2) is 7.65. The van der Waals surface area contributed by atoms with Crippen LogP contribution in [0.2, 0.25) is 0 Å². The van der Waals surface area contributed by atoms with Crippen molar-refractivity contribution in [2.45, 2.75) is 0 Å². The molecule has 7 heteroatoms. The second-order valence-corrected chi connectivity index (χ2v) is 5.16. The van der Waals surface area contributed by atoms with Gasteiger partial charge in [-0.3, -0.25) is 10.1 Å². The van der Waals surface area contributed by atoms with E-state index in [4.69, 9.17) is 4.74 Å². The molecule has 0 bridgehead atoms. The Morgan fingerprint density at radius 3 is 2.64 bits per heavy atom. The molecule has 0 saturated carbocycles. The van der Waals surface area contributed by atoms with Gasteiger partial charge in [0.25, 0.3) is 5.91 Å². The van der Waals surface area contributed by atoms with E-state index >= 15 is 0 Å². The molecular weight excluding hydrogens is 286 g/mol. The Morgan fingerprint density at radius 1 is 1.27 bits per heavy atom. The van der Waals surface area contributed by atoms with Crippen LogP contribution >= 0.6 is 0 Å². The normalized spacial score (nSPS) is 15.3. The molecule has 7 nitrogen and oxygen atoms in total. The zero-order valence-electron chi connectivity index (χ0n) is 12.9. The number of amides is 2. The second-order valence-electron chi connectivity index (χ2n) is 5.16. The van der Waals surface area contributed by atoms with Crippen LogP contribution in [0.25, 0.3) is 0 Å². The zero-order chi connectivity index (χ0) is 15.9. The molecule has 0 aromatic heterocycles. The van der Waals surface area contributed by atoms with Crippen molar-refractivity contribution in [3.05, 3.63) is 24.3 Å². The van der Waals surface area contributed by atoms with Crippen molar-refractivity contribution < 1.29 is 24.0 Å². The molecule has 1 fully saturated rings. The number of alkyl carbamates (subject to hydrolysis) is 1. The fourth-order valence-corrected chi connectivity index (χ4v) is 2.50. The van der Waals surface area contributed by atoms with E-state index in [1.165, 1.54) is 7.11 Å². The predicted octanol–water partition coefficient (Wildman–Crippen LogP) is -0.717. The average molecular weight is 308 g/mol. The molecule has 1 saturated heterocycles. The average Bonchev–Trinajstić information content (AvgIpc) is 2.55. The molecule has 0 unspecified atom stereocenters. The number of imide groups is 1. The number of anilines is 1. The minimum Gasteiger partial charge on any atom is -0.497 e. The molecule has 0 atom stereocenters. The zero-order valence-corrected chi connectivity index (χ0v) is 12.9. The topological polar surface area (TPSA) is 72.3 Å². The lowest BCUT2D eigenvalue weighted by Crippen LogP contribution is -3.16. The summed E-state index contributed by atoms with van der Waals surface area (Å²) < 4.78 is 9.64.